The molecule has 1 heterocycles. The number of aryl methyl sites for hydroxylation is 1. The van der Waals surface area contributed by atoms with Crippen molar-refractivity contribution < 1.29 is 13.5 Å². The van der Waals surface area contributed by atoms with Crippen molar-refractivity contribution in [1.82, 2.24) is 4.31 Å². The van der Waals surface area contributed by atoms with Crippen LogP contribution in [0.2, 0.25) is 5.02 Å². The van der Waals surface area contributed by atoms with Gasteiger partial charge < -0.3 is 5.11 Å². The first-order valence-corrected chi connectivity index (χ1v) is 8.03. The van der Waals surface area contributed by atoms with E-state index in [1.54, 1.807) is 25.1 Å². The van der Waals surface area contributed by atoms with E-state index in [0.29, 0.717) is 25.9 Å². The number of hydrogen-bond donors (Lipinski definition) is 1. The third kappa shape index (κ3) is 3.11. The van der Waals surface area contributed by atoms with Crippen LogP contribution in [-0.2, 0) is 10.0 Å². The molecule has 0 aliphatic carbocycles. The van der Waals surface area contributed by atoms with Crippen LogP contribution in [-0.4, -0.2) is 36.5 Å². The van der Waals surface area contributed by atoms with Crippen LogP contribution in [0, 0.1) is 6.92 Å². The van der Waals surface area contributed by atoms with Crippen LogP contribution >= 0.6 is 11.6 Å². The zero-order chi connectivity index (χ0) is 14.3. The Bertz CT molecular complexity index is 574. The SMILES string of the molecule is Cc1ccc(S(=O)(=O)N2CCC(C)(O)CC2)c(Cl)c1. The van der Waals surface area contributed by atoms with Crippen molar-refractivity contribution in [3.63, 3.8) is 0 Å². The minimum atomic E-state index is -3.57. The fraction of sp³-hybridized carbons (Fsp3) is 0.538. The summed E-state index contributed by atoms with van der Waals surface area (Å²) in [6.45, 7) is 4.23. The molecule has 1 fully saturated rings. The van der Waals surface area contributed by atoms with Crippen LogP contribution in [0.15, 0.2) is 23.1 Å². The number of sulfonamides is 1. The van der Waals surface area contributed by atoms with E-state index in [-0.39, 0.29) is 9.92 Å². The highest BCUT2D eigenvalue weighted by molar-refractivity contribution is 7.89. The third-order valence-electron chi connectivity index (χ3n) is 3.50. The fourth-order valence-corrected chi connectivity index (χ4v) is 4.18. The first-order chi connectivity index (χ1) is 8.72. The molecule has 1 aliphatic rings. The first kappa shape index (κ1) is 14.8. The summed E-state index contributed by atoms with van der Waals surface area (Å²) < 4.78 is 26.4. The minimum absolute atomic E-state index is 0.140. The molecular formula is C13H18ClNO3S. The van der Waals surface area contributed by atoms with E-state index in [4.69, 9.17) is 11.6 Å². The van der Waals surface area contributed by atoms with E-state index in [2.05, 4.69) is 0 Å². The van der Waals surface area contributed by atoms with Gasteiger partial charge in [-0.1, -0.05) is 17.7 Å². The Labute approximate surface area is 119 Å². The molecule has 0 radical (unpaired) electrons. The molecule has 0 spiro atoms. The van der Waals surface area contributed by atoms with Crippen LogP contribution in [0.1, 0.15) is 25.3 Å². The van der Waals surface area contributed by atoms with E-state index in [1.807, 2.05) is 6.92 Å². The molecule has 1 aromatic rings. The molecule has 0 bridgehead atoms. The average Bonchev–Trinajstić information content (AvgIpc) is 2.27. The predicted molar refractivity (Wildman–Crippen MR) is 74.8 cm³/mol. The molecule has 0 amide bonds. The Hall–Kier alpha value is -0.620. The van der Waals surface area contributed by atoms with E-state index >= 15 is 0 Å². The number of rotatable bonds is 2. The quantitative estimate of drug-likeness (QED) is 0.911. The molecule has 1 aliphatic heterocycles. The highest BCUT2D eigenvalue weighted by atomic mass is 35.5. The molecule has 106 valence electrons. The minimum Gasteiger partial charge on any atom is -0.390 e. The molecule has 0 atom stereocenters. The third-order valence-corrected chi connectivity index (χ3v) is 5.89. The highest BCUT2D eigenvalue weighted by Gasteiger charge is 2.34. The predicted octanol–water partition coefficient (Wildman–Crippen LogP) is 2.18. The van der Waals surface area contributed by atoms with Gasteiger partial charge in [0.2, 0.25) is 10.0 Å². The Balaban J connectivity index is 2.28. The Kier molecular flexibility index (Phi) is 3.93. The van der Waals surface area contributed by atoms with E-state index < -0.39 is 15.6 Å². The van der Waals surface area contributed by atoms with Gasteiger partial charge in [0, 0.05) is 13.1 Å². The van der Waals surface area contributed by atoms with Gasteiger partial charge in [-0.3, -0.25) is 0 Å². The normalized spacial score (nSPS) is 20.4. The topological polar surface area (TPSA) is 57.6 Å². The van der Waals surface area contributed by atoms with E-state index in [9.17, 15) is 13.5 Å². The van der Waals surface area contributed by atoms with Crippen LogP contribution < -0.4 is 0 Å². The summed E-state index contributed by atoms with van der Waals surface area (Å²) in [5.41, 5.74) is 0.147. The molecule has 1 saturated heterocycles. The van der Waals surface area contributed by atoms with Crippen LogP contribution in [0.25, 0.3) is 0 Å². The Morgan fingerprint density at radius 3 is 2.42 bits per heavy atom. The monoisotopic (exact) mass is 303 g/mol. The molecule has 0 saturated carbocycles. The van der Waals surface area contributed by atoms with Gasteiger partial charge >= 0.3 is 0 Å². The number of halogens is 1. The number of piperidine rings is 1. The second kappa shape index (κ2) is 5.05. The zero-order valence-electron chi connectivity index (χ0n) is 11.1. The Morgan fingerprint density at radius 2 is 1.89 bits per heavy atom. The lowest BCUT2D eigenvalue weighted by Gasteiger charge is -2.35. The highest BCUT2D eigenvalue weighted by Crippen LogP contribution is 2.29. The fourth-order valence-electron chi connectivity index (χ4n) is 2.16. The van der Waals surface area contributed by atoms with E-state index in [0.717, 1.165) is 5.56 Å². The maximum atomic E-state index is 12.5. The zero-order valence-corrected chi connectivity index (χ0v) is 12.6. The van der Waals surface area contributed by atoms with Crippen molar-refractivity contribution in [2.45, 2.75) is 37.2 Å². The van der Waals surface area contributed by atoms with Gasteiger partial charge in [0.05, 0.1) is 10.6 Å². The maximum Gasteiger partial charge on any atom is 0.244 e. The summed E-state index contributed by atoms with van der Waals surface area (Å²) >= 11 is 6.03. The van der Waals surface area contributed by atoms with Gasteiger partial charge in [0.15, 0.2) is 0 Å². The first-order valence-electron chi connectivity index (χ1n) is 6.21. The second-order valence-corrected chi connectivity index (χ2v) is 7.65. The molecule has 1 aromatic carbocycles. The average molecular weight is 304 g/mol. The second-order valence-electron chi connectivity index (χ2n) is 5.33. The van der Waals surface area contributed by atoms with Crippen molar-refractivity contribution in [1.29, 1.82) is 0 Å². The van der Waals surface area contributed by atoms with Gasteiger partial charge in [-0.15, -0.1) is 0 Å². The standard InChI is InChI=1S/C13H18ClNO3S/c1-10-3-4-12(11(14)9-10)19(17,18)15-7-5-13(2,16)6-8-15/h3-4,9,16H,5-8H2,1-2H3. The molecule has 0 unspecified atom stereocenters. The number of aliphatic hydroxyl groups is 1. The maximum absolute atomic E-state index is 12.5. The number of nitrogens with zero attached hydrogens (tertiary/aromatic N) is 1. The van der Waals surface area contributed by atoms with Crippen molar-refractivity contribution in [3.05, 3.63) is 28.8 Å². The number of benzene rings is 1. The summed E-state index contributed by atoms with van der Waals surface area (Å²) in [5.74, 6) is 0. The molecule has 2 rings (SSSR count). The van der Waals surface area contributed by atoms with Crippen LogP contribution in [0.3, 0.4) is 0 Å². The van der Waals surface area contributed by atoms with Gasteiger partial charge in [0.25, 0.3) is 0 Å². The molecule has 4 nitrogen and oxygen atoms in total. The molecule has 0 aromatic heterocycles. The molecule has 19 heavy (non-hydrogen) atoms. The lowest BCUT2D eigenvalue weighted by Crippen LogP contribution is -2.45. The number of hydrogen-bond acceptors (Lipinski definition) is 3. The van der Waals surface area contributed by atoms with Crippen molar-refractivity contribution in [3.8, 4) is 0 Å². The largest absolute Gasteiger partial charge is 0.390 e. The van der Waals surface area contributed by atoms with Crippen molar-refractivity contribution in [2.75, 3.05) is 13.1 Å². The summed E-state index contributed by atoms with van der Waals surface area (Å²) in [4.78, 5) is 0.140. The van der Waals surface area contributed by atoms with Crippen molar-refractivity contribution in [2.24, 2.45) is 0 Å². The van der Waals surface area contributed by atoms with E-state index in [1.165, 1.54) is 4.31 Å². The van der Waals surface area contributed by atoms with Gasteiger partial charge in [0.1, 0.15) is 4.90 Å². The van der Waals surface area contributed by atoms with Crippen LogP contribution in [0.5, 0.6) is 0 Å². The van der Waals surface area contributed by atoms with Gasteiger partial charge in [-0.25, -0.2) is 8.42 Å². The summed E-state index contributed by atoms with van der Waals surface area (Å²) in [7, 11) is -3.57. The smallest absolute Gasteiger partial charge is 0.244 e. The van der Waals surface area contributed by atoms with Crippen LogP contribution in [0.4, 0.5) is 0 Å². The van der Waals surface area contributed by atoms with Crippen molar-refractivity contribution >= 4 is 21.6 Å². The summed E-state index contributed by atoms with van der Waals surface area (Å²) in [5, 5.41) is 10.1. The summed E-state index contributed by atoms with van der Waals surface area (Å²) in [6, 6.07) is 4.92. The van der Waals surface area contributed by atoms with Gasteiger partial charge in [-0.05, 0) is 44.4 Å². The molecule has 6 heteroatoms. The molecule has 1 N–H and O–H groups in total. The Morgan fingerprint density at radius 1 is 1.32 bits per heavy atom. The van der Waals surface area contributed by atoms with Gasteiger partial charge in [-0.2, -0.15) is 4.31 Å². The lowest BCUT2D eigenvalue weighted by molar-refractivity contribution is 0.0126. The summed E-state index contributed by atoms with van der Waals surface area (Å²) in [6.07, 6.45) is 0.880. The lowest BCUT2D eigenvalue weighted by atomic mass is 9.95. The molecular weight excluding hydrogens is 286 g/mol.